The molecule has 0 amide bonds. The van der Waals surface area contributed by atoms with Crippen molar-refractivity contribution in [1.82, 2.24) is 5.43 Å². The Labute approximate surface area is 194 Å². The van der Waals surface area contributed by atoms with Crippen LogP contribution in [0.25, 0.3) is 6.08 Å². The standard InChI is InChI=1S/C27H28N2O4/c1-30-23-12-19(13-24(17-23)31-2)10-11-21-16-27(29(28-21)22-8-6-5-7-9-22)20-14-25(32-3)18-26(15-20)33-4/h5-18,27-28H,1-4H3. The Bertz CT molecular complexity index is 1110. The lowest BCUT2D eigenvalue weighted by Gasteiger charge is -2.27. The van der Waals surface area contributed by atoms with Crippen LogP contribution in [-0.2, 0) is 0 Å². The van der Waals surface area contributed by atoms with Gasteiger partial charge in [0, 0.05) is 12.1 Å². The first-order chi connectivity index (χ1) is 16.1. The van der Waals surface area contributed by atoms with E-state index in [1.165, 1.54) is 0 Å². The highest BCUT2D eigenvalue weighted by Gasteiger charge is 2.26. The number of nitrogens with one attached hydrogen (secondary N) is 1. The number of anilines is 1. The number of hydrogen-bond donors (Lipinski definition) is 1. The molecule has 1 N–H and O–H groups in total. The van der Waals surface area contributed by atoms with E-state index in [9.17, 15) is 0 Å². The highest BCUT2D eigenvalue weighted by atomic mass is 16.5. The smallest absolute Gasteiger partial charge is 0.123 e. The lowest BCUT2D eigenvalue weighted by Crippen LogP contribution is -2.34. The number of allylic oxidation sites excluding steroid dienone is 1. The lowest BCUT2D eigenvalue weighted by molar-refractivity contribution is 0.393. The normalized spacial score (nSPS) is 15.2. The van der Waals surface area contributed by atoms with Crippen LogP contribution in [0.15, 0.2) is 84.6 Å². The van der Waals surface area contributed by atoms with Gasteiger partial charge < -0.3 is 18.9 Å². The highest BCUT2D eigenvalue weighted by molar-refractivity contribution is 5.60. The molecule has 0 spiro atoms. The second-order valence-corrected chi connectivity index (χ2v) is 7.51. The van der Waals surface area contributed by atoms with Crippen molar-refractivity contribution in [3.63, 3.8) is 0 Å². The summed E-state index contributed by atoms with van der Waals surface area (Å²) in [6.45, 7) is 0. The maximum Gasteiger partial charge on any atom is 0.123 e. The predicted molar refractivity (Wildman–Crippen MR) is 131 cm³/mol. The van der Waals surface area contributed by atoms with Crippen LogP contribution in [0, 0.1) is 0 Å². The van der Waals surface area contributed by atoms with Gasteiger partial charge in [-0.2, -0.15) is 0 Å². The number of methoxy groups -OCH3 is 4. The minimum Gasteiger partial charge on any atom is -0.497 e. The molecule has 1 atom stereocenters. The largest absolute Gasteiger partial charge is 0.497 e. The van der Waals surface area contributed by atoms with Gasteiger partial charge in [-0.05, 0) is 59.7 Å². The van der Waals surface area contributed by atoms with E-state index in [4.69, 9.17) is 18.9 Å². The van der Waals surface area contributed by atoms with Gasteiger partial charge in [0.2, 0.25) is 0 Å². The van der Waals surface area contributed by atoms with Crippen LogP contribution in [0.4, 0.5) is 5.69 Å². The summed E-state index contributed by atoms with van der Waals surface area (Å²) in [6.07, 6.45) is 6.25. The zero-order valence-corrected chi connectivity index (χ0v) is 19.2. The van der Waals surface area contributed by atoms with Gasteiger partial charge in [0.1, 0.15) is 23.0 Å². The van der Waals surface area contributed by atoms with Gasteiger partial charge in [0.25, 0.3) is 0 Å². The van der Waals surface area contributed by atoms with Crippen molar-refractivity contribution < 1.29 is 18.9 Å². The third kappa shape index (κ3) is 5.06. The second kappa shape index (κ2) is 10.0. The summed E-state index contributed by atoms with van der Waals surface area (Å²) in [4.78, 5) is 0. The minimum atomic E-state index is -0.0594. The van der Waals surface area contributed by atoms with Crippen LogP contribution in [-0.4, -0.2) is 28.4 Å². The number of para-hydroxylation sites is 1. The Hall–Kier alpha value is -4.06. The average Bonchev–Trinajstić information content (AvgIpc) is 3.31. The van der Waals surface area contributed by atoms with Gasteiger partial charge in [0.15, 0.2) is 0 Å². The third-order valence-electron chi connectivity index (χ3n) is 5.44. The van der Waals surface area contributed by atoms with Gasteiger partial charge in [-0.25, -0.2) is 0 Å². The minimum absolute atomic E-state index is 0.0594. The van der Waals surface area contributed by atoms with Crippen LogP contribution >= 0.6 is 0 Å². The number of nitrogens with zero attached hydrogens (tertiary/aromatic N) is 1. The summed E-state index contributed by atoms with van der Waals surface area (Å²) in [7, 11) is 6.61. The molecule has 0 saturated carbocycles. The topological polar surface area (TPSA) is 52.2 Å². The molecule has 6 nitrogen and oxygen atoms in total. The maximum absolute atomic E-state index is 5.50. The fraction of sp³-hybridized carbons (Fsp3) is 0.185. The number of hydrogen-bond acceptors (Lipinski definition) is 6. The van der Waals surface area contributed by atoms with E-state index in [1.54, 1.807) is 28.4 Å². The van der Waals surface area contributed by atoms with E-state index >= 15 is 0 Å². The first-order valence-corrected chi connectivity index (χ1v) is 10.6. The molecular weight excluding hydrogens is 416 g/mol. The van der Waals surface area contributed by atoms with E-state index in [0.29, 0.717) is 0 Å². The molecule has 4 rings (SSSR count). The van der Waals surface area contributed by atoms with Crippen LogP contribution in [0.2, 0.25) is 0 Å². The molecule has 3 aromatic carbocycles. The first-order valence-electron chi connectivity index (χ1n) is 10.6. The van der Waals surface area contributed by atoms with Crippen LogP contribution in [0.3, 0.4) is 0 Å². The fourth-order valence-electron chi connectivity index (χ4n) is 3.75. The number of rotatable bonds is 8. The summed E-state index contributed by atoms with van der Waals surface area (Å²) in [5.41, 5.74) is 7.56. The zero-order chi connectivity index (χ0) is 23.2. The van der Waals surface area contributed by atoms with Crippen molar-refractivity contribution in [3.8, 4) is 23.0 Å². The molecular formula is C27H28N2O4. The molecule has 1 unspecified atom stereocenters. The van der Waals surface area contributed by atoms with Crippen LogP contribution < -0.4 is 29.4 Å². The Morgan fingerprint density at radius 3 is 1.79 bits per heavy atom. The fourth-order valence-corrected chi connectivity index (χ4v) is 3.75. The molecule has 0 bridgehead atoms. The summed E-state index contributed by atoms with van der Waals surface area (Å²) in [5.74, 6) is 2.99. The van der Waals surface area contributed by atoms with E-state index in [0.717, 1.165) is 45.5 Å². The monoisotopic (exact) mass is 444 g/mol. The van der Waals surface area contributed by atoms with Crippen molar-refractivity contribution in [3.05, 3.63) is 95.7 Å². The number of hydrazine groups is 1. The Morgan fingerprint density at radius 1 is 0.697 bits per heavy atom. The average molecular weight is 445 g/mol. The van der Waals surface area contributed by atoms with Crippen LogP contribution in [0.5, 0.6) is 23.0 Å². The molecule has 1 heterocycles. The van der Waals surface area contributed by atoms with Gasteiger partial charge in [-0.3, -0.25) is 10.4 Å². The van der Waals surface area contributed by atoms with Crippen molar-refractivity contribution in [1.29, 1.82) is 0 Å². The first kappa shape index (κ1) is 22.1. The molecule has 33 heavy (non-hydrogen) atoms. The molecule has 3 aromatic rings. The summed E-state index contributed by atoms with van der Waals surface area (Å²) >= 11 is 0. The molecule has 1 aliphatic rings. The molecule has 0 aliphatic carbocycles. The SMILES string of the molecule is COc1cc(C=CC2=CC(c3cc(OC)cc(OC)c3)N(c3ccccc3)N2)cc(OC)c1. The molecule has 1 aliphatic heterocycles. The summed E-state index contributed by atoms with van der Waals surface area (Å²) in [5, 5.41) is 2.13. The van der Waals surface area contributed by atoms with E-state index in [-0.39, 0.29) is 6.04 Å². The van der Waals surface area contributed by atoms with E-state index in [2.05, 4.69) is 28.6 Å². The van der Waals surface area contributed by atoms with Gasteiger partial charge in [-0.15, -0.1) is 0 Å². The number of benzene rings is 3. The Balaban J connectivity index is 1.69. The zero-order valence-electron chi connectivity index (χ0n) is 19.2. The Morgan fingerprint density at radius 2 is 1.24 bits per heavy atom. The van der Waals surface area contributed by atoms with Gasteiger partial charge >= 0.3 is 0 Å². The molecule has 0 saturated heterocycles. The van der Waals surface area contributed by atoms with Crippen molar-refractivity contribution in [2.75, 3.05) is 33.4 Å². The summed E-state index contributed by atoms with van der Waals surface area (Å²) < 4.78 is 21.8. The molecule has 0 radical (unpaired) electrons. The number of ether oxygens (including phenoxy) is 4. The van der Waals surface area contributed by atoms with E-state index in [1.807, 2.05) is 66.7 Å². The Kier molecular flexibility index (Phi) is 6.74. The summed E-state index contributed by atoms with van der Waals surface area (Å²) in [6, 6.07) is 21.9. The lowest BCUT2D eigenvalue weighted by atomic mass is 10.0. The van der Waals surface area contributed by atoms with Gasteiger partial charge in [0.05, 0.1) is 45.9 Å². The quantitative estimate of drug-likeness (QED) is 0.503. The highest BCUT2D eigenvalue weighted by Crippen LogP contribution is 2.36. The molecule has 0 aromatic heterocycles. The van der Waals surface area contributed by atoms with Crippen LogP contribution in [0.1, 0.15) is 17.2 Å². The maximum atomic E-state index is 5.50. The molecule has 170 valence electrons. The third-order valence-corrected chi connectivity index (χ3v) is 5.44. The van der Waals surface area contributed by atoms with Crippen molar-refractivity contribution in [2.24, 2.45) is 0 Å². The van der Waals surface area contributed by atoms with Gasteiger partial charge in [-0.1, -0.05) is 24.3 Å². The second-order valence-electron chi connectivity index (χ2n) is 7.51. The molecule has 0 fully saturated rings. The van der Waals surface area contributed by atoms with Crippen molar-refractivity contribution in [2.45, 2.75) is 6.04 Å². The molecule has 6 heteroatoms. The van der Waals surface area contributed by atoms with E-state index < -0.39 is 0 Å². The van der Waals surface area contributed by atoms with Crippen molar-refractivity contribution >= 4 is 11.8 Å². The predicted octanol–water partition coefficient (Wildman–Crippen LogP) is 5.38.